The van der Waals surface area contributed by atoms with Gasteiger partial charge < -0.3 is 14.8 Å². The summed E-state index contributed by atoms with van der Waals surface area (Å²) in [5.41, 5.74) is 2.54. The summed E-state index contributed by atoms with van der Waals surface area (Å²) in [6.07, 6.45) is 3.09. The summed E-state index contributed by atoms with van der Waals surface area (Å²) < 4.78 is 12.1. The molecule has 0 amide bonds. The molecule has 3 heteroatoms. The molecule has 1 aliphatic heterocycles. The average Bonchev–Trinajstić information content (AvgIpc) is 3.15. The molecule has 0 aliphatic carbocycles. The van der Waals surface area contributed by atoms with Crippen LogP contribution in [0, 0.1) is 0 Å². The van der Waals surface area contributed by atoms with Crippen LogP contribution in [0.15, 0.2) is 60.7 Å². The van der Waals surface area contributed by atoms with Crippen LogP contribution in [-0.4, -0.2) is 27.3 Å². The highest BCUT2D eigenvalue weighted by atomic mass is 16.7. The third kappa shape index (κ3) is 5.40. The van der Waals surface area contributed by atoms with E-state index >= 15 is 0 Å². The normalized spacial score (nSPS) is 16.8. The van der Waals surface area contributed by atoms with Crippen LogP contribution in [-0.2, 0) is 15.3 Å². The van der Waals surface area contributed by atoms with Crippen LogP contribution in [0.25, 0.3) is 0 Å². The summed E-state index contributed by atoms with van der Waals surface area (Å²) >= 11 is 0. The molecular weight excluding hydrogens is 310 g/mol. The molecule has 2 aromatic carbocycles. The van der Waals surface area contributed by atoms with E-state index in [0.717, 1.165) is 24.8 Å². The molecule has 0 saturated carbocycles. The zero-order valence-corrected chi connectivity index (χ0v) is 15.7. The van der Waals surface area contributed by atoms with Crippen molar-refractivity contribution < 1.29 is 9.47 Å². The minimum atomic E-state index is -0.552. The van der Waals surface area contributed by atoms with Gasteiger partial charge in [0.25, 0.3) is 0 Å². The number of nitrogens with one attached hydrogen (secondary N) is 1. The maximum atomic E-state index is 6.04. The molecule has 1 heterocycles. The van der Waals surface area contributed by atoms with Crippen molar-refractivity contribution in [2.45, 2.75) is 37.9 Å². The zero-order valence-electron chi connectivity index (χ0n) is 15.7. The number of hydrogen-bond acceptors (Lipinski definition) is 3. The number of ether oxygens (including phenoxy) is 2. The highest BCUT2D eigenvalue weighted by Gasteiger charge is 2.38. The molecule has 3 nitrogen and oxygen atoms in total. The van der Waals surface area contributed by atoms with E-state index < -0.39 is 5.79 Å². The fraction of sp³-hybridized carbons (Fsp3) is 0.455. The molecule has 0 radical (unpaired) electrons. The smallest absolute Gasteiger partial charge is 0.195 e. The molecule has 0 spiro atoms. The average molecular weight is 341 g/mol. The van der Waals surface area contributed by atoms with Crippen molar-refractivity contribution in [1.82, 2.24) is 5.32 Å². The lowest BCUT2D eigenvalue weighted by Crippen LogP contribution is -2.27. The molecular formula is C22H31NO2. The quantitative estimate of drug-likeness (QED) is 0.826. The van der Waals surface area contributed by atoms with Gasteiger partial charge in [-0.2, -0.15) is 0 Å². The predicted octanol–water partition coefficient (Wildman–Crippen LogP) is 4.70. The summed E-state index contributed by atoms with van der Waals surface area (Å²) in [5, 5.41) is 2.75. The first-order chi connectivity index (χ1) is 12.3. The summed E-state index contributed by atoms with van der Waals surface area (Å²) in [6, 6.07) is 21.1. The van der Waals surface area contributed by atoms with Gasteiger partial charge in [-0.05, 0) is 38.4 Å². The molecule has 1 atom stereocenters. The van der Waals surface area contributed by atoms with Gasteiger partial charge in [0.15, 0.2) is 5.79 Å². The molecule has 1 saturated heterocycles. The second-order valence-electron chi connectivity index (χ2n) is 6.37. The molecule has 0 bridgehead atoms. The van der Waals surface area contributed by atoms with E-state index in [1.165, 1.54) is 5.56 Å². The van der Waals surface area contributed by atoms with Gasteiger partial charge >= 0.3 is 0 Å². The Bertz CT molecular complexity index is 579. The van der Waals surface area contributed by atoms with Gasteiger partial charge in [0.1, 0.15) is 0 Å². The first-order valence-electron chi connectivity index (χ1n) is 9.22. The molecule has 0 aromatic heterocycles. The van der Waals surface area contributed by atoms with Crippen LogP contribution in [0.3, 0.4) is 0 Å². The fourth-order valence-corrected chi connectivity index (χ4v) is 3.30. The minimum Gasteiger partial charge on any atom is -0.343 e. The molecule has 2 aromatic rings. The van der Waals surface area contributed by atoms with Crippen LogP contribution in [0.5, 0.6) is 0 Å². The van der Waals surface area contributed by atoms with Crippen molar-refractivity contribution in [3.63, 3.8) is 0 Å². The van der Waals surface area contributed by atoms with Crippen molar-refractivity contribution in [2.24, 2.45) is 0 Å². The number of hydrogen-bond donors (Lipinski definition) is 1. The van der Waals surface area contributed by atoms with Crippen LogP contribution < -0.4 is 5.32 Å². The first kappa shape index (κ1) is 19.6. The Morgan fingerprint density at radius 2 is 1.44 bits per heavy atom. The van der Waals surface area contributed by atoms with E-state index in [2.05, 4.69) is 66.8 Å². The largest absolute Gasteiger partial charge is 0.343 e. The lowest BCUT2D eigenvalue weighted by molar-refractivity contribution is -0.172. The summed E-state index contributed by atoms with van der Waals surface area (Å²) in [6.45, 7) is 3.61. The number of benzene rings is 2. The lowest BCUT2D eigenvalue weighted by atomic mass is 9.88. The molecule has 1 aliphatic rings. The second-order valence-corrected chi connectivity index (χ2v) is 6.37. The third-order valence-electron chi connectivity index (χ3n) is 4.55. The van der Waals surface area contributed by atoms with E-state index in [-0.39, 0.29) is 0 Å². The van der Waals surface area contributed by atoms with E-state index in [9.17, 15) is 0 Å². The van der Waals surface area contributed by atoms with Crippen LogP contribution in [0.2, 0.25) is 0 Å². The fourth-order valence-electron chi connectivity index (χ4n) is 3.30. The zero-order chi connectivity index (χ0) is 18.0. The standard InChI is InChI=1S/C20H24O2.C2H7N/c1-2-17(18-9-5-3-6-10-18)13-14-20(21-15-16-22-20)19-11-7-4-8-12-19;1-3-2/h3-12,17H,2,13-16H2,1H3;3H,1-2H3. The molecule has 25 heavy (non-hydrogen) atoms. The van der Waals surface area contributed by atoms with Crippen molar-refractivity contribution in [2.75, 3.05) is 27.3 Å². The lowest BCUT2D eigenvalue weighted by Gasteiger charge is -2.29. The SMILES string of the molecule is CCC(CCC1(c2ccccc2)OCCO1)c1ccccc1.CNC. The Labute approximate surface area is 152 Å². The topological polar surface area (TPSA) is 30.5 Å². The van der Waals surface area contributed by atoms with Gasteiger partial charge in [-0.25, -0.2) is 0 Å². The predicted molar refractivity (Wildman–Crippen MR) is 104 cm³/mol. The van der Waals surface area contributed by atoms with Gasteiger partial charge in [-0.15, -0.1) is 0 Å². The molecule has 136 valence electrons. The summed E-state index contributed by atoms with van der Waals surface area (Å²) in [5.74, 6) is -0.00158. The van der Waals surface area contributed by atoms with Crippen molar-refractivity contribution in [3.8, 4) is 0 Å². The molecule has 3 rings (SSSR count). The Hall–Kier alpha value is -1.68. The van der Waals surface area contributed by atoms with Crippen molar-refractivity contribution in [3.05, 3.63) is 71.8 Å². The highest BCUT2D eigenvalue weighted by Crippen LogP contribution is 2.39. The third-order valence-corrected chi connectivity index (χ3v) is 4.55. The molecule has 1 unspecified atom stereocenters. The van der Waals surface area contributed by atoms with E-state index in [0.29, 0.717) is 19.1 Å². The van der Waals surface area contributed by atoms with Gasteiger partial charge in [0, 0.05) is 12.0 Å². The van der Waals surface area contributed by atoms with Gasteiger partial charge in [-0.3, -0.25) is 0 Å². The monoisotopic (exact) mass is 341 g/mol. The maximum absolute atomic E-state index is 6.04. The van der Waals surface area contributed by atoms with E-state index in [4.69, 9.17) is 9.47 Å². The van der Waals surface area contributed by atoms with E-state index in [1.807, 2.05) is 20.2 Å². The Kier molecular flexibility index (Phi) is 8.13. The van der Waals surface area contributed by atoms with Crippen LogP contribution in [0.4, 0.5) is 0 Å². The van der Waals surface area contributed by atoms with Crippen molar-refractivity contribution in [1.29, 1.82) is 0 Å². The Morgan fingerprint density at radius 1 is 0.920 bits per heavy atom. The van der Waals surface area contributed by atoms with Gasteiger partial charge in [0.2, 0.25) is 0 Å². The second kappa shape index (κ2) is 10.3. The summed E-state index contributed by atoms with van der Waals surface area (Å²) in [4.78, 5) is 0. The Balaban J connectivity index is 0.000000701. The van der Waals surface area contributed by atoms with Crippen LogP contribution in [0.1, 0.15) is 43.2 Å². The molecule has 1 fully saturated rings. The van der Waals surface area contributed by atoms with Gasteiger partial charge in [-0.1, -0.05) is 67.6 Å². The Morgan fingerprint density at radius 3 is 1.96 bits per heavy atom. The molecule has 1 N–H and O–H groups in total. The van der Waals surface area contributed by atoms with Gasteiger partial charge in [0.05, 0.1) is 13.2 Å². The highest BCUT2D eigenvalue weighted by molar-refractivity contribution is 5.22. The first-order valence-corrected chi connectivity index (χ1v) is 9.22. The maximum Gasteiger partial charge on any atom is 0.195 e. The van der Waals surface area contributed by atoms with E-state index in [1.54, 1.807) is 0 Å². The minimum absolute atomic E-state index is 0.551. The number of rotatable bonds is 6. The summed E-state index contributed by atoms with van der Waals surface area (Å²) in [7, 11) is 3.75. The van der Waals surface area contributed by atoms with Crippen molar-refractivity contribution >= 4 is 0 Å². The van der Waals surface area contributed by atoms with Crippen LogP contribution >= 0.6 is 0 Å².